The zero-order valence-electron chi connectivity index (χ0n) is 31.7. The lowest BCUT2D eigenvalue weighted by Crippen LogP contribution is -2.49. The van der Waals surface area contributed by atoms with Crippen molar-refractivity contribution in [3.63, 3.8) is 0 Å². The first kappa shape index (κ1) is 38.2. The van der Waals surface area contributed by atoms with Crippen LogP contribution < -0.4 is 10.9 Å². The molecular weight excluding hydrogens is 578 g/mol. The minimum Gasteiger partial charge on any atom is -0.427 e. The van der Waals surface area contributed by atoms with Gasteiger partial charge in [-0.3, -0.25) is 0 Å². The van der Waals surface area contributed by atoms with Crippen LogP contribution in [-0.4, -0.2) is 42.1 Å². The van der Waals surface area contributed by atoms with Gasteiger partial charge in [-0.25, -0.2) is 0 Å². The minimum atomic E-state index is -0.973. The van der Waals surface area contributed by atoms with E-state index in [-0.39, 0.29) is 23.7 Å². The molecule has 1 radical (unpaired) electrons. The Balaban J connectivity index is 1.74. The molecule has 1 fully saturated rings. The second-order valence-corrected chi connectivity index (χ2v) is 16.6. The Kier molecular flexibility index (Phi) is 12.6. The normalized spacial score (nSPS) is 18.0. The fraction of sp³-hybridized carbons (Fsp3) is 0.707. The van der Waals surface area contributed by atoms with Crippen LogP contribution in [0.1, 0.15) is 170 Å². The van der Waals surface area contributed by atoms with Gasteiger partial charge in [-0.1, -0.05) is 133 Å². The fourth-order valence-corrected chi connectivity index (χ4v) is 7.17. The van der Waals surface area contributed by atoms with E-state index in [9.17, 15) is 5.11 Å². The van der Waals surface area contributed by atoms with E-state index in [1.54, 1.807) is 0 Å². The van der Waals surface area contributed by atoms with Crippen LogP contribution in [0.3, 0.4) is 0 Å². The molecule has 0 unspecified atom stereocenters. The van der Waals surface area contributed by atoms with E-state index in [1.165, 1.54) is 99.3 Å². The van der Waals surface area contributed by atoms with Crippen LogP contribution in [0.25, 0.3) is 11.1 Å². The molecule has 6 heteroatoms. The SMILES string of the molecule is CCCCCCCCC1(CCCCCCCC)c2cc([B]OC(C)(C)C(C)(C)O)ccc2-c2ccc(B3OC(C)(C)C(C)(C)O3)cc21. The molecule has 0 spiro atoms. The molecular formula is C41H65B2O4. The third-order valence-electron chi connectivity index (χ3n) is 11.8. The summed E-state index contributed by atoms with van der Waals surface area (Å²) >= 11 is 0. The van der Waals surface area contributed by atoms with Gasteiger partial charge in [0.15, 0.2) is 0 Å². The van der Waals surface area contributed by atoms with E-state index >= 15 is 0 Å². The number of hydrogen-bond donors (Lipinski definition) is 1. The van der Waals surface area contributed by atoms with Gasteiger partial charge in [0, 0.05) is 5.41 Å². The highest BCUT2D eigenvalue weighted by Gasteiger charge is 2.52. The Hall–Kier alpha value is -1.59. The van der Waals surface area contributed by atoms with Crippen molar-refractivity contribution in [3.8, 4) is 11.1 Å². The fourth-order valence-electron chi connectivity index (χ4n) is 7.17. The zero-order valence-corrected chi connectivity index (χ0v) is 31.7. The Morgan fingerprint density at radius 1 is 0.681 bits per heavy atom. The summed E-state index contributed by atoms with van der Waals surface area (Å²) in [7, 11) is 1.48. The van der Waals surface area contributed by atoms with Crippen molar-refractivity contribution in [1.29, 1.82) is 0 Å². The highest BCUT2D eigenvalue weighted by molar-refractivity contribution is 6.62. The molecule has 1 saturated heterocycles. The molecule has 4 rings (SSSR count). The summed E-state index contributed by atoms with van der Waals surface area (Å²) in [5.74, 6) is 0. The number of unbranched alkanes of at least 4 members (excludes halogenated alkanes) is 10. The summed E-state index contributed by atoms with van der Waals surface area (Å²) in [5, 5.41) is 10.7. The summed E-state index contributed by atoms with van der Waals surface area (Å²) < 4.78 is 19.4. The van der Waals surface area contributed by atoms with E-state index in [0.717, 1.165) is 23.8 Å². The zero-order chi connectivity index (χ0) is 34.5. The first-order valence-corrected chi connectivity index (χ1v) is 19.0. The van der Waals surface area contributed by atoms with Crippen molar-refractivity contribution in [2.24, 2.45) is 0 Å². The van der Waals surface area contributed by atoms with Crippen LogP contribution in [-0.2, 0) is 19.4 Å². The van der Waals surface area contributed by atoms with Gasteiger partial charge in [-0.15, -0.1) is 0 Å². The molecule has 0 saturated carbocycles. The third-order valence-corrected chi connectivity index (χ3v) is 11.8. The summed E-state index contributed by atoms with van der Waals surface area (Å²) in [6.45, 7) is 20.6. The van der Waals surface area contributed by atoms with Gasteiger partial charge in [0.1, 0.15) is 0 Å². The topological polar surface area (TPSA) is 47.9 Å². The Morgan fingerprint density at radius 3 is 1.66 bits per heavy atom. The van der Waals surface area contributed by atoms with Crippen molar-refractivity contribution in [2.75, 3.05) is 0 Å². The van der Waals surface area contributed by atoms with Gasteiger partial charge in [-0.05, 0) is 95.9 Å². The molecule has 0 amide bonds. The van der Waals surface area contributed by atoms with E-state index in [0.29, 0.717) is 0 Å². The predicted molar refractivity (Wildman–Crippen MR) is 201 cm³/mol. The van der Waals surface area contributed by atoms with Crippen molar-refractivity contribution < 1.29 is 19.1 Å². The number of aliphatic hydroxyl groups is 1. The molecule has 259 valence electrons. The van der Waals surface area contributed by atoms with E-state index in [2.05, 4.69) is 77.9 Å². The lowest BCUT2D eigenvalue weighted by molar-refractivity contribution is -0.0893. The van der Waals surface area contributed by atoms with Crippen LogP contribution in [0.4, 0.5) is 0 Å². The monoisotopic (exact) mass is 644 g/mol. The van der Waals surface area contributed by atoms with Gasteiger partial charge in [0.25, 0.3) is 0 Å². The van der Waals surface area contributed by atoms with E-state index in [4.69, 9.17) is 14.0 Å². The quantitative estimate of drug-likeness (QED) is 0.122. The molecule has 0 aromatic heterocycles. The first-order valence-electron chi connectivity index (χ1n) is 19.0. The van der Waals surface area contributed by atoms with Crippen molar-refractivity contribution >= 4 is 25.5 Å². The number of fused-ring (bicyclic) bond motifs is 3. The maximum absolute atomic E-state index is 10.7. The Morgan fingerprint density at radius 2 is 1.15 bits per heavy atom. The van der Waals surface area contributed by atoms with E-state index in [1.807, 2.05) is 35.2 Å². The molecule has 47 heavy (non-hydrogen) atoms. The van der Waals surface area contributed by atoms with Gasteiger partial charge in [0.05, 0.1) is 22.4 Å². The average molecular weight is 644 g/mol. The number of hydrogen-bond acceptors (Lipinski definition) is 4. The molecule has 2 aromatic rings. The molecule has 4 nitrogen and oxygen atoms in total. The lowest BCUT2D eigenvalue weighted by Gasteiger charge is -2.37. The second kappa shape index (κ2) is 15.5. The van der Waals surface area contributed by atoms with Crippen molar-refractivity contribution in [2.45, 2.75) is 187 Å². The van der Waals surface area contributed by atoms with Gasteiger partial charge in [-0.2, -0.15) is 0 Å². The molecule has 1 aliphatic heterocycles. The number of benzene rings is 2. The highest BCUT2D eigenvalue weighted by Crippen LogP contribution is 2.54. The first-order chi connectivity index (χ1) is 22.1. The minimum absolute atomic E-state index is 0.0740. The average Bonchev–Trinajstić information content (AvgIpc) is 3.40. The van der Waals surface area contributed by atoms with Crippen LogP contribution in [0.5, 0.6) is 0 Å². The molecule has 1 heterocycles. The van der Waals surface area contributed by atoms with Crippen molar-refractivity contribution in [3.05, 3.63) is 47.5 Å². The Labute approximate surface area is 289 Å². The largest absolute Gasteiger partial charge is 0.494 e. The van der Waals surface area contributed by atoms with Gasteiger partial charge >= 0.3 is 14.6 Å². The summed E-state index contributed by atoms with van der Waals surface area (Å²) in [6, 6.07) is 13.9. The van der Waals surface area contributed by atoms with Crippen LogP contribution in [0.2, 0.25) is 0 Å². The summed E-state index contributed by atoms with van der Waals surface area (Å²) in [6.07, 6.45) is 17.7. The standard InChI is InChI=1S/C41H65B2O4/c1-11-13-15-17-19-21-27-41(28-22-20-18-16-14-12-2)35-29-31(42-45-38(5,6)37(3,4)44)23-25-33(35)34-26-24-32(30-36(34)41)43-46-39(7,8)40(9,10)47-43/h23-26,29-30,44H,11-22,27-28H2,1-10H3. The molecule has 2 aliphatic rings. The predicted octanol–water partition coefficient (Wildman–Crippen LogP) is 9.56. The molecule has 0 atom stereocenters. The van der Waals surface area contributed by atoms with Crippen molar-refractivity contribution in [1.82, 2.24) is 0 Å². The molecule has 0 bridgehead atoms. The molecule has 1 aliphatic carbocycles. The maximum atomic E-state index is 10.7. The van der Waals surface area contributed by atoms with Gasteiger partial charge < -0.3 is 19.1 Å². The lowest BCUT2D eigenvalue weighted by atomic mass is 9.67. The molecule has 2 aromatic carbocycles. The van der Waals surface area contributed by atoms with Crippen LogP contribution >= 0.6 is 0 Å². The van der Waals surface area contributed by atoms with Crippen LogP contribution in [0.15, 0.2) is 36.4 Å². The number of rotatable bonds is 19. The van der Waals surface area contributed by atoms with Crippen LogP contribution in [0, 0.1) is 0 Å². The summed E-state index contributed by atoms with van der Waals surface area (Å²) in [4.78, 5) is 0. The Bertz CT molecular complexity index is 1280. The maximum Gasteiger partial charge on any atom is 0.494 e. The third kappa shape index (κ3) is 8.59. The second-order valence-electron chi connectivity index (χ2n) is 16.6. The highest BCUT2D eigenvalue weighted by atomic mass is 16.7. The van der Waals surface area contributed by atoms with E-state index < -0.39 is 11.2 Å². The summed E-state index contributed by atoms with van der Waals surface area (Å²) in [5.41, 5.74) is 5.21. The molecule has 1 N–H and O–H groups in total. The van der Waals surface area contributed by atoms with Gasteiger partial charge in [0.2, 0.25) is 0 Å². The smallest absolute Gasteiger partial charge is 0.427 e.